The summed E-state index contributed by atoms with van der Waals surface area (Å²) in [5.41, 5.74) is 0.201. The standard InChI is InChI=1S/C14H10F3NO3/c1-20-13-10(12(19)9-4-3-7-18-8-9)5-2-6-11(13)21-14(15,16)17/h2-8H,1H3. The molecule has 2 aromatic rings. The van der Waals surface area contributed by atoms with Crippen LogP contribution in [0.2, 0.25) is 0 Å². The van der Waals surface area contributed by atoms with Crippen LogP contribution in [0.1, 0.15) is 15.9 Å². The van der Waals surface area contributed by atoms with Gasteiger partial charge in [-0.1, -0.05) is 6.07 Å². The lowest BCUT2D eigenvalue weighted by Crippen LogP contribution is -2.18. The van der Waals surface area contributed by atoms with Crippen molar-refractivity contribution in [2.24, 2.45) is 0 Å². The van der Waals surface area contributed by atoms with Crippen LogP contribution < -0.4 is 9.47 Å². The van der Waals surface area contributed by atoms with Gasteiger partial charge in [-0.3, -0.25) is 9.78 Å². The fraction of sp³-hybridized carbons (Fsp3) is 0.143. The van der Waals surface area contributed by atoms with Crippen molar-refractivity contribution in [1.29, 1.82) is 0 Å². The fourth-order valence-corrected chi connectivity index (χ4v) is 1.76. The van der Waals surface area contributed by atoms with Gasteiger partial charge in [-0.15, -0.1) is 13.2 Å². The van der Waals surface area contributed by atoms with Crippen LogP contribution in [0, 0.1) is 0 Å². The molecule has 110 valence electrons. The molecule has 0 N–H and O–H groups in total. The van der Waals surface area contributed by atoms with Crippen molar-refractivity contribution in [3.05, 3.63) is 53.9 Å². The average molecular weight is 297 g/mol. The lowest BCUT2D eigenvalue weighted by molar-refractivity contribution is -0.275. The Morgan fingerprint density at radius 1 is 1.19 bits per heavy atom. The Balaban J connectivity index is 2.45. The molecule has 0 aliphatic heterocycles. The number of carbonyl (C=O) groups is 1. The van der Waals surface area contributed by atoms with Gasteiger partial charge in [-0.25, -0.2) is 0 Å². The minimum absolute atomic E-state index is 0.0350. The number of halogens is 3. The van der Waals surface area contributed by atoms with Crippen molar-refractivity contribution in [2.75, 3.05) is 7.11 Å². The highest BCUT2D eigenvalue weighted by atomic mass is 19.4. The van der Waals surface area contributed by atoms with Crippen LogP contribution in [0.4, 0.5) is 13.2 Å². The molecule has 0 spiro atoms. The number of ether oxygens (including phenoxy) is 2. The largest absolute Gasteiger partial charge is 0.573 e. The lowest BCUT2D eigenvalue weighted by atomic mass is 10.0. The van der Waals surface area contributed by atoms with E-state index in [-0.39, 0.29) is 16.9 Å². The van der Waals surface area contributed by atoms with Gasteiger partial charge in [0, 0.05) is 18.0 Å². The smallest absolute Gasteiger partial charge is 0.492 e. The lowest BCUT2D eigenvalue weighted by Gasteiger charge is -2.14. The number of nitrogens with zero attached hydrogens (tertiary/aromatic N) is 1. The van der Waals surface area contributed by atoms with Gasteiger partial charge in [0.1, 0.15) is 0 Å². The number of hydrogen-bond donors (Lipinski definition) is 0. The van der Waals surface area contributed by atoms with Crippen LogP contribution in [0.3, 0.4) is 0 Å². The van der Waals surface area contributed by atoms with Gasteiger partial charge in [0.05, 0.1) is 12.7 Å². The summed E-state index contributed by atoms with van der Waals surface area (Å²) < 4.78 is 45.8. The number of ketones is 1. The first-order valence-electron chi connectivity index (χ1n) is 5.80. The Bertz CT molecular complexity index is 642. The highest BCUT2D eigenvalue weighted by molar-refractivity contribution is 6.11. The SMILES string of the molecule is COc1c(OC(F)(F)F)cccc1C(=O)c1cccnc1. The highest BCUT2D eigenvalue weighted by Crippen LogP contribution is 2.35. The first-order chi connectivity index (χ1) is 9.92. The van der Waals surface area contributed by atoms with E-state index in [0.29, 0.717) is 0 Å². The molecule has 0 fully saturated rings. The van der Waals surface area contributed by atoms with Gasteiger partial charge in [0.2, 0.25) is 0 Å². The number of carbonyl (C=O) groups excluding carboxylic acids is 1. The second kappa shape index (κ2) is 5.82. The maximum atomic E-state index is 12.3. The van der Waals surface area contributed by atoms with E-state index in [1.54, 1.807) is 6.07 Å². The Morgan fingerprint density at radius 3 is 2.52 bits per heavy atom. The van der Waals surface area contributed by atoms with Crippen molar-refractivity contribution in [2.45, 2.75) is 6.36 Å². The summed E-state index contributed by atoms with van der Waals surface area (Å²) in [6.07, 6.45) is -2.07. The molecule has 21 heavy (non-hydrogen) atoms. The summed E-state index contributed by atoms with van der Waals surface area (Å²) in [6.45, 7) is 0. The van der Waals surface area contributed by atoms with Gasteiger partial charge < -0.3 is 9.47 Å². The molecule has 7 heteroatoms. The van der Waals surface area contributed by atoms with Crippen LogP contribution >= 0.6 is 0 Å². The van der Waals surface area contributed by atoms with Gasteiger partial charge in [-0.05, 0) is 24.3 Å². The van der Waals surface area contributed by atoms with Crippen molar-refractivity contribution in [3.8, 4) is 11.5 Å². The molecule has 1 heterocycles. The number of alkyl halides is 3. The third kappa shape index (κ3) is 3.50. The number of benzene rings is 1. The van der Waals surface area contributed by atoms with Crippen molar-refractivity contribution < 1.29 is 27.4 Å². The average Bonchev–Trinajstić information content (AvgIpc) is 2.45. The van der Waals surface area contributed by atoms with E-state index in [9.17, 15) is 18.0 Å². The summed E-state index contributed by atoms with van der Waals surface area (Å²) in [4.78, 5) is 16.1. The monoisotopic (exact) mass is 297 g/mol. The molecule has 0 unspecified atom stereocenters. The Kier molecular flexibility index (Phi) is 4.11. The van der Waals surface area contributed by atoms with E-state index in [2.05, 4.69) is 9.72 Å². The molecule has 2 rings (SSSR count). The Labute approximate surface area is 118 Å². The zero-order chi connectivity index (χ0) is 15.5. The van der Waals surface area contributed by atoms with E-state index in [1.165, 1.54) is 37.7 Å². The molecule has 0 saturated heterocycles. The number of methoxy groups -OCH3 is 1. The van der Waals surface area contributed by atoms with Crippen LogP contribution in [0.5, 0.6) is 11.5 Å². The van der Waals surface area contributed by atoms with E-state index in [0.717, 1.165) is 6.07 Å². The predicted octanol–water partition coefficient (Wildman–Crippen LogP) is 3.22. The summed E-state index contributed by atoms with van der Waals surface area (Å²) >= 11 is 0. The summed E-state index contributed by atoms with van der Waals surface area (Å²) in [7, 11) is 1.17. The Morgan fingerprint density at radius 2 is 1.95 bits per heavy atom. The third-order valence-electron chi connectivity index (χ3n) is 2.58. The second-order valence-corrected chi connectivity index (χ2v) is 3.96. The number of rotatable bonds is 4. The first-order valence-corrected chi connectivity index (χ1v) is 5.80. The van der Waals surface area contributed by atoms with E-state index >= 15 is 0 Å². The first kappa shape index (κ1) is 14.8. The zero-order valence-corrected chi connectivity index (χ0v) is 10.8. The maximum Gasteiger partial charge on any atom is 0.573 e. The molecule has 0 amide bonds. The molecular weight excluding hydrogens is 287 g/mol. The summed E-state index contributed by atoms with van der Waals surface area (Å²) in [5.74, 6) is -1.35. The Hall–Kier alpha value is -2.57. The minimum Gasteiger partial charge on any atom is -0.492 e. The molecular formula is C14H10F3NO3. The molecule has 0 bridgehead atoms. The van der Waals surface area contributed by atoms with E-state index in [4.69, 9.17) is 4.74 Å². The van der Waals surface area contributed by atoms with Crippen LogP contribution in [-0.4, -0.2) is 24.2 Å². The van der Waals surface area contributed by atoms with Crippen molar-refractivity contribution >= 4 is 5.78 Å². The van der Waals surface area contributed by atoms with Crippen LogP contribution in [0.15, 0.2) is 42.7 Å². The third-order valence-corrected chi connectivity index (χ3v) is 2.58. The topological polar surface area (TPSA) is 48.4 Å². The fourth-order valence-electron chi connectivity index (χ4n) is 1.76. The van der Waals surface area contributed by atoms with Crippen molar-refractivity contribution in [3.63, 3.8) is 0 Å². The number of pyridine rings is 1. The molecule has 0 aliphatic carbocycles. The summed E-state index contributed by atoms with van der Waals surface area (Å²) in [5, 5.41) is 0. The summed E-state index contributed by atoms with van der Waals surface area (Å²) in [6, 6.07) is 6.78. The molecule has 1 aromatic carbocycles. The highest BCUT2D eigenvalue weighted by Gasteiger charge is 2.33. The minimum atomic E-state index is -4.87. The normalized spacial score (nSPS) is 11.0. The van der Waals surface area contributed by atoms with Crippen LogP contribution in [-0.2, 0) is 0 Å². The molecule has 0 saturated carbocycles. The molecule has 0 radical (unpaired) electrons. The maximum absolute atomic E-state index is 12.3. The second-order valence-electron chi connectivity index (χ2n) is 3.96. The molecule has 0 aliphatic rings. The van der Waals surface area contributed by atoms with E-state index in [1.807, 2.05) is 0 Å². The van der Waals surface area contributed by atoms with Crippen LogP contribution in [0.25, 0.3) is 0 Å². The number of hydrogen-bond acceptors (Lipinski definition) is 4. The predicted molar refractivity (Wildman–Crippen MR) is 67.3 cm³/mol. The number of aromatic nitrogens is 1. The quantitative estimate of drug-likeness (QED) is 0.813. The van der Waals surface area contributed by atoms with Crippen molar-refractivity contribution in [1.82, 2.24) is 4.98 Å². The van der Waals surface area contributed by atoms with E-state index < -0.39 is 17.9 Å². The number of para-hydroxylation sites is 1. The van der Waals surface area contributed by atoms with Gasteiger partial charge >= 0.3 is 6.36 Å². The molecule has 1 aromatic heterocycles. The van der Waals surface area contributed by atoms with Gasteiger partial charge in [0.25, 0.3) is 0 Å². The molecule has 4 nitrogen and oxygen atoms in total. The van der Waals surface area contributed by atoms with Gasteiger partial charge in [-0.2, -0.15) is 0 Å². The molecule has 0 atom stereocenters. The zero-order valence-electron chi connectivity index (χ0n) is 10.8. The van der Waals surface area contributed by atoms with Gasteiger partial charge in [0.15, 0.2) is 17.3 Å².